The molecule has 4 rings (SSSR count). The molecule has 0 saturated carbocycles. The van der Waals surface area contributed by atoms with Crippen LogP contribution in [0, 0.1) is 13.8 Å². The van der Waals surface area contributed by atoms with Crippen molar-refractivity contribution in [1.29, 1.82) is 0 Å². The molecule has 1 N–H and O–H groups in total. The largest absolute Gasteiger partial charge is 0.362 e. The minimum Gasteiger partial charge on any atom is -0.362 e. The minimum atomic E-state index is -0.194. The smallest absolute Gasteiger partial charge is 0.145 e. The van der Waals surface area contributed by atoms with Crippen LogP contribution in [0.15, 0.2) is 36.4 Å². The molecule has 1 aromatic heterocycles. The van der Waals surface area contributed by atoms with Crippen molar-refractivity contribution in [3.63, 3.8) is 0 Å². The molecule has 0 bridgehead atoms. The van der Waals surface area contributed by atoms with E-state index in [4.69, 9.17) is 4.98 Å². The molecule has 106 valence electrons. The molecule has 0 aliphatic carbocycles. The Morgan fingerprint density at radius 2 is 1.76 bits per heavy atom. The second-order valence-electron chi connectivity index (χ2n) is 6.43. The summed E-state index contributed by atoms with van der Waals surface area (Å²) < 4.78 is 2.32. The van der Waals surface area contributed by atoms with Crippen LogP contribution in [0.2, 0.25) is 0 Å². The van der Waals surface area contributed by atoms with Crippen molar-refractivity contribution in [3.8, 4) is 11.4 Å². The molecule has 0 saturated heterocycles. The lowest BCUT2D eigenvalue weighted by Crippen LogP contribution is -2.38. The first-order valence-corrected chi connectivity index (χ1v) is 7.35. The summed E-state index contributed by atoms with van der Waals surface area (Å²) in [6.45, 7) is 8.70. The van der Waals surface area contributed by atoms with Crippen LogP contribution >= 0.6 is 0 Å². The van der Waals surface area contributed by atoms with E-state index in [-0.39, 0.29) is 5.66 Å². The molecule has 2 aromatic carbocycles. The highest BCUT2D eigenvalue weighted by Gasteiger charge is 2.32. The number of anilines is 1. The Labute approximate surface area is 124 Å². The highest BCUT2D eigenvalue weighted by Crippen LogP contribution is 2.40. The Morgan fingerprint density at radius 1 is 1.05 bits per heavy atom. The molecule has 0 amide bonds. The number of rotatable bonds is 0. The molecular formula is C18H19N3. The monoisotopic (exact) mass is 277 g/mol. The van der Waals surface area contributed by atoms with Crippen molar-refractivity contribution in [3.05, 3.63) is 47.5 Å². The minimum absolute atomic E-state index is 0.194. The summed E-state index contributed by atoms with van der Waals surface area (Å²) in [4.78, 5) is 4.92. The Balaban J connectivity index is 2.15. The quantitative estimate of drug-likeness (QED) is 0.658. The normalized spacial score (nSPS) is 15.4. The summed E-state index contributed by atoms with van der Waals surface area (Å²) in [5, 5.41) is 3.63. The average Bonchev–Trinajstić information content (AvgIpc) is 2.78. The van der Waals surface area contributed by atoms with E-state index in [9.17, 15) is 0 Å². The second kappa shape index (κ2) is 3.88. The third kappa shape index (κ3) is 1.63. The van der Waals surface area contributed by atoms with E-state index in [1.54, 1.807) is 0 Å². The van der Waals surface area contributed by atoms with Gasteiger partial charge in [-0.15, -0.1) is 0 Å². The van der Waals surface area contributed by atoms with Gasteiger partial charge in [0, 0.05) is 11.3 Å². The topological polar surface area (TPSA) is 29.9 Å². The van der Waals surface area contributed by atoms with E-state index in [1.807, 2.05) is 0 Å². The number of benzene rings is 2. The van der Waals surface area contributed by atoms with Gasteiger partial charge in [-0.25, -0.2) is 4.98 Å². The predicted octanol–water partition coefficient (Wildman–Crippen LogP) is 4.44. The van der Waals surface area contributed by atoms with Crippen molar-refractivity contribution in [2.45, 2.75) is 33.4 Å². The highest BCUT2D eigenvalue weighted by atomic mass is 15.3. The molecule has 0 spiro atoms. The molecule has 1 aliphatic rings. The highest BCUT2D eigenvalue weighted by molar-refractivity contribution is 5.87. The standard InChI is InChI=1S/C18H19N3/c1-11-9-15-16(10-12(11)2)21-17(19-15)13-7-5-6-8-14(13)20-18(21,3)4/h5-10,20H,1-4H3. The number of nitrogens with zero attached hydrogens (tertiary/aromatic N) is 2. The number of fused-ring (bicyclic) bond motifs is 5. The van der Waals surface area contributed by atoms with Crippen molar-refractivity contribution in [1.82, 2.24) is 9.55 Å². The van der Waals surface area contributed by atoms with Crippen LogP contribution in [0.3, 0.4) is 0 Å². The fraction of sp³-hybridized carbons (Fsp3) is 0.278. The zero-order chi connectivity index (χ0) is 14.8. The van der Waals surface area contributed by atoms with Gasteiger partial charge < -0.3 is 9.88 Å². The van der Waals surface area contributed by atoms with Gasteiger partial charge in [-0.1, -0.05) is 12.1 Å². The maximum absolute atomic E-state index is 4.92. The van der Waals surface area contributed by atoms with Crippen molar-refractivity contribution >= 4 is 16.7 Å². The molecule has 0 unspecified atom stereocenters. The average molecular weight is 277 g/mol. The third-order valence-corrected chi connectivity index (χ3v) is 4.44. The van der Waals surface area contributed by atoms with Gasteiger partial charge in [0.1, 0.15) is 11.5 Å². The van der Waals surface area contributed by atoms with E-state index >= 15 is 0 Å². The number of hydrogen-bond acceptors (Lipinski definition) is 2. The van der Waals surface area contributed by atoms with Gasteiger partial charge in [-0.05, 0) is 63.1 Å². The summed E-state index contributed by atoms with van der Waals surface area (Å²) in [6, 6.07) is 12.8. The summed E-state index contributed by atoms with van der Waals surface area (Å²) in [5.41, 5.74) is 6.99. The summed E-state index contributed by atoms with van der Waals surface area (Å²) in [6.07, 6.45) is 0. The molecule has 2 heterocycles. The lowest BCUT2D eigenvalue weighted by molar-refractivity contribution is 0.423. The number of para-hydroxylation sites is 1. The van der Waals surface area contributed by atoms with E-state index in [0.29, 0.717) is 0 Å². The molecular weight excluding hydrogens is 258 g/mol. The molecule has 1 aliphatic heterocycles. The summed E-state index contributed by atoms with van der Waals surface area (Å²) >= 11 is 0. The lowest BCUT2D eigenvalue weighted by atomic mass is 10.0. The molecule has 3 heteroatoms. The first kappa shape index (κ1) is 12.5. The summed E-state index contributed by atoms with van der Waals surface area (Å²) in [7, 11) is 0. The number of imidazole rings is 1. The Morgan fingerprint density at radius 3 is 2.57 bits per heavy atom. The SMILES string of the molecule is Cc1cc2nc3n(c2cc1C)C(C)(C)Nc1ccccc1-3. The van der Waals surface area contributed by atoms with Crippen LogP contribution in [0.5, 0.6) is 0 Å². The van der Waals surface area contributed by atoms with Gasteiger partial charge in [0.05, 0.1) is 11.0 Å². The van der Waals surface area contributed by atoms with E-state index in [2.05, 4.69) is 74.0 Å². The van der Waals surface area contributed by atoms with Crippen molar-refractivity contribution < 1.29 is 0 Å². The molecule has 3 aromatic rings. The van der Waals surface area contributed by atoms with Crippen LogP contribution in [-0.2, 0) is 5.66 Å². The molecule has 0 fully saturated rings. The van der Waals surface area contributed by atoms with Crippen LogP contribution in [-0.4, -0.2) is 9.55 Å². The number of aryl methyl sites for hydroxylation is 2. The number of hydrogen-bond donors (Lipinski definition) is 1. The zero-order valence-corrected chi connectivity index (χ0v) is 12.9. The molecule has 0 atom stereocenters. The summed E-state index contributed by atoms with van der Waals surface area (Å²) in [5.74, 6) is 1.05. The third-order valence-electron chi connectivity index (χ3n) is 4.44. The Hall–Kier alpha value is -2.29. The fourth-order valence-electron chi connectivity index (χ4n) is 3.25. The zero-order valence-electron chi connectivity index (χ0n) is 12.9. The second-order valence-corrected chi connectivity index (χ2v) is 6.43. The molecule has 21 heavy (non-hydrogen) atoms. The van der Waals surface area contributed by atoms with Crippen LogP contribution in [0.4, 0.5) is 5.69 Å². The first-order valence-electron chi connectivity index (χ1n) is 7.35. The van der Waals surface area contributed by atoms with Crippen LogP contribution in [0.1, 0.15) is 25.0 Å². The molecule has 3 nitrogen and oxygen atoms in total. The van der Waals surface area contributed by atoms with E-state index in [1.165, 1.54) is 22.2 Å². The van der Waals surface area contributed by atoms with Crippen molar-refractivity contribution in [2.24, 2.45) is 0 Å². The van der Waals surface area contributed by atoms with E-state index in [0.717, 1.165) is 17.0 Å². The number of nitrogens with one attached hydrogen (secondary N) is 1. The van der Waals surface area contributed by atoms with Gasteiger partial charge in [-0.2, -0.15) is 0 Å². The van der Waals surface area contributed by atoms with Gasteiger partial charge in [0.15, 0.2) is 0 Å². The fourth-order valence-corrected chi connectivity index (χ4v) is 3.25. The predicted molar refractivity (Wildman–Crippen MR) is 87.6 cm³/mol. The molecule has 0 radical (unpaired) electrons. The maximum Gasteiger partial charge on any atom is 0.145 e. The Kier molecular flexibility index (Phi) is 2.30. The van der Waals surface area contributed by atoms with Crippen LogP contribution < -0.4 is 5.32 Å². The maximum atomic E-state index is 4.92. The van der Waals surface area contributed by atoms with Gasteiger partial charge in [0.2, 0.25) is 0 Å². The van der Waals surface area contributed by atoms with Gasteiger partial charge in [-0.3, -0.25) is 0 Å². The Bertz CT molecular complexity index is 872. The first-order chi connectivity index (χ1) is 9.97. The number of aromatic nitrogens is 2. The van der Waals surface area contributed by atoms with Crippen molar-refractivity contribution in [2.75, 3.05) is 5.32 Å². The van der Waals surface area contributed by atoms with E-state index < -0.39 is 0 Å². The van der Waals surface area contributed by atoms with Gasteiger partial charge >= 0.3 is 0 Å². The lowest BCUT2D eigenvalue weighted by Gasteiger charge is -2.36. The van der Waals surface area contributed by atoms with Crippen LogP contribution in [0.25, 0.3) is 22.4 Å². The van der Waals surface area contributed by atoms with Gasteiger partial charge in [0.25, 0.3) is 0 Å².